The molecule has 0 spiro atoms. The summed E-state index contributed by atoms with van der Waals surface area (Å²) >= 11 is 0. The van der Waals surface area contributed by atoms with Crippen LogP contribution in [0.15, 0.2) is 24.3 Å². The molecule has 1 saturated heterocycles. The molecule has 1 aliphatic heterocycles. The fraction of sp³-hybridized carbons (Fsp3) is 0.500. The summed E-state index contributed by atoms with van der Waals surface area (Å²) in [7, 11) is 0. The molecule has 1 heterocycles. The van der Waals surface area contributed by atoms with Gasteiger partial charge in [-0.3, -0.25) is 14.5 Å². The third kappa shape index (κ3) is 4.31. The zero-order chi connectivity index (χ0) is 13.5. The van der Waals surface area contributed by atoms with Gasteiger partial charge >= 0.3 is 0 Å². The Balaban J connectivity index is 1.68. The van der Waals surface area contributed by atoms with Crippen LogP contribution in [0.5, 0.6) is 0 Å². The Kier molecular flexibility index (Phi) is 5.32. The Morgan fingerprint density at radius 1 is 1.37 bits per heavy atom. The number of aryl methyl sites for hydroxylation is 1. The van der Waals surface area contributed by atoms with Crippen LogP contribution in [0.25, 0.3) is 0 Å². The predicted octanol–water partition coefficient (Wildman–Crippen LogP) is 0.989. The Labute approximate surface area is 113 Å². The first-order valence-corrected chi connectivity index (χ1v) is 6.55. The van der Waals surface area contributed by atoms with Crippen LogP contribution >= 0.6 is 0 Å². The highest BCUT2D eigenvalue weighted by molar-refractivity contribution is 5.94. The number of benzene rings is 1. The zero-order valence-corrected chi connectivity index (χ0v) is 11.2. The van der Waals surface area contributed by atoms with Crippen molar-refractivity contribution in [1.29, 1.82) is 0 Å². The summed E-state index contributed by atoms with van der Waals surface area (Å²) in [6.07, 6.45) is 0. The molecule has 1 aromatic rings. The topological polar surface area (TPSA) is 50.8 Å². The van der Waals surface area contributed by atoms with E-state index in [0.29, 0.717) is 12.2 Å². The predicted molar refractivity (Wildman–Crippen MR) is 71.9 cm³/mol. The minimum atomic E-state index is -0.194. The highest BCUT2D eigenvalue weighted by atomic mass is 16.7. The van der Waals surface area contributed by atoms with Crippen LogP contribution in [0.4, 0.5) is 0 Å². The number of hydrogen-bond donors (Lipinski definition) is 1. The number of amides is 1. The number of hydroxylamine groups is 1. The lowest BCUT2D eigenvalue weighted by molar-refractivity contribution is -0.00179. The van der Waals surface area contributed by atoms with Crippen molar-refractivity contribution >= 4 is 5.91 Å². The summed E-state index contributed by atoms with van der Waals surface area (Å²) in [5.41, 5.74) is 4.07. The Morgan fingerprint density at radius 3 is 2.84 bits per heavy atom. The maximum Gasteiger partial charge on any atom is 0.275 e. The van der Waals surface area contributed by atoms with Gasteiger partial charge in [-0.2, -0.15) is 0 Å². The largest absolute Gasteiger partial charge is 0.379 e. The van der Waals surface area contributed by atoms with Crippen molar-refractivity contribution in [3.05, 3.63) is 35.4 Å². The van der Waals surface area contributed by atoms with E-state index in [1.807, 2.05) is 25.1 Å². The van der Waals surface area contributed by atoms with E-state index in [-0.39, 0.29) is 5.91 Å². The van der Waals surface area contributed by atoms with Crippen LogP contribution < -0.4 is 5.48 Å². The fourth-order valence-electron chi connectivity index (χ4n) is 2.00. The molecule has 0 bridgehead atoms. The second-order valence-corrected chi connectivity index (χ2v) is 4.55. The number of carbonyl (C=O) groups excluding carboxylic acids is 1. The average molecular weight is 264 g/mol. The maximum atomic E-state index is 11.8. The molecule has 0 radical (unpaired) electrons. The van der Waals surface area contributed by atoms with Crippen LogP contribution in [-0.2, 0) is 9.57 Å². The Hall–Kier alpha value is -1.43. The van der Waals surface area contributed by atoms with E-state index < -0.39 is 0 Å². The van der Waals surface area contributed by atoms with E-state index in [9.17, 15) is 4.79 Å². The van der Waals surface area contributed by atoms with Crippen LogP contribution in [0.1, 0.15) is 15.9 Å². The van der Waals surface area contributed by atoms with Crippen molar-refractivity contribution in [2.75, 3.05) is 39.5 Å². The second kappa shape index (κ2) is 7.23. The van der Waals surface area contributed by atoms with E-state index in [1.54, 1.807) is 6.07 Å². The van der Waals surface area contributed by atoms with Crippen molar-refractivity contribution in [3.63, 3.8) is 0 Å². The fourth-order valence-corrected chi connectivity index (χ4v) is 2.00. The van der Waals surface area contributed by atoms with Gasteiger partial charge in [-0.1, -0.05) is 18.2 Å². The molecule has 0 aliphatic carbocycles. The SMILES string of the molecule is Cc1ccccc1C(=O)NOCCN1CCOCC1. The minimum Gasteiger partial charge on any atom is -0.379 e. The summed E-state index contributed by atoms with van der Waals surface area (Å²) in [5, 5.41) is 0. The number of nitrogens with one attached hydrogen (secondary N) is 1. The van der Waals surface area contributed by atoms with Crippen LogP contribution in [0, 0.1) is 6.92 Å². The summed E-state index contributed by atoms with van der Waals surface area (Å²) in [5.74, 6) is -0.194. The molecule has 1 N–H and O–H groups in total. The van der Waals surface area contributed by atoms with Crippen molar-refractivity contribution in [3.8, 4) is 0 Å². The van der Waals surface area contributed by atoms with E-state index >= 15 is 0 Å². The monoisotopic (exact) mass is 264 g/mol. The molecule has 0 atom stereocenters. The highest BCUT2D eigenvalue weighted by Gasteiger charge is 2.11. The van der Waals surface area contributed by atoms with Gasteiger partial charge in [0, 0.05) is 25.2 Å². The first kappa shape index (κ1) is 14.0. The van der Waals surface area contributed by atoms with Gasteiger partial charge in [0.25, 0.3) is 5.91 Å². The van der Waals surface area contributed by atoms with E-state index in [0.717, 1.165) is 38.4 Å². The quantitative estimate of drug-likeness (QED) is 0.636. The average Bonchev–Trinajstić information content (AvgIpc) is 2.45. The molecule has 0 saturated carbocycles. The summed E-state index contributed by atoms with van der Waals surface area (Å²) in [6, 6.07) is 7.44. The molecule has 2 rings (SSSR count). The van der Waals surface area contributed by atoms with Gasteiger partial charge in [0.05, 0.1) is 19.8 Å². The van der Waals surface area contributed by atoms with E-state index in [4.69, 9.17) is 9.57 Å². The third-order valence-electron chi connectivity index (χ3n) is 3.17. The molecule has 19 heavy (non-hydrogen) atoms. The van der Waals surface area contributed by atoms with Gasteiger partial charge in [-0.15, -0.1) is 0 Å². The molecule has 5 nitrogen and oxygen atoms in total. The molecule has 0 unspecified atom stereocenters. The van der Waals surface area contributed by atoms with E-state index in [2.05, 4.69) is 10.4 Å². The van der Waals surface area contributed by atoms with Crippen LogP contribution in [0.3, 0.4) is 0 Å². The van der Waals surface area contributed by atoms with Gasteiger partial charge in [0.15, 0.2) is 0 Å². The maximum absolute atomic E-state index is 11.8. The number of carbonyl (C=O) groups is 1. The van der Waals surface area contributed by atoms with Crippen LogP contribution in [0.2, 0.25) is 0 Å². The summed E-state index contributed by atoms with van der Waals surface area (Å²) < 4.78 is 5.26. The lowest BCUT2D eigenvalue weighted by atomic mass is 10.1. The number of morpholine rings is 1. The molecular weight excluding hydrogens is 244 g/mol. The highest BCUT2D eigenvalue weighted by Crippen LogP contribution is 2.06. The van der Waals surface area contributed by atoms with Gasteiger partial charge in [-0.25, -0.2) is 5.48 Å². The van der Waals surface area contributed by atoms with Crippen molar-refractivity contribution in [1.82, 2.24) is 10.4 Å². The molecule has 0 aromatic heterocycles. The lowest BCUT2D eigenvalue weighted by Gasteiger charge is -2.26. The molecule has 5 heteroatoms. The molecule has 1 aromatic carbocycles. The number of rotatable bonds is 5. The minimum absolute atomic E-state index is 0.194. The number of nitrogens with zero attached hydrogens (tertiary/aromatic N) is 1. The normalized spacial score (nSPS) is 16.3. The van der Waals surface area contributed by atoms with Gasteiger partial charge < -0.3 is 4.74 Å². The van der Waals surface area contributed by atoms with Crippen molar-refractivity contribution in [2.24, 2.45) is 0 Å². The third-order valence-corrected chi connectivity index (χ3v) is 3.17. The van der Waals surface area contributed by atoms with Crippen molar-refractivity contribution in [2.45, 2.75) is 6.92 Å². The smallest absolute Gasteiger partial charge is 0.275 e. The number of ether oxygens (including phenoxy) is 1. The Bertz CT molecular complexity index is 417. The molecule has 1 amide bonds. The van der Waals surface area contributed by atoms with E-state index in [1.165, 1.54) is 0 Å². The molecule has 1 aliphatic rings. The summed E-state index contributed by atoms with van der Waals surface area (Å²) in [6.45, 7) is 6.59. The molecule has 104 valence electrons. The first-order chi connectivity index (χ1) is 9.27. The van der Waals surface area contributed by atoms with Crippen molar-refractivity contribution < 1.29 is 14.4 Å². The van der Waals surface area contributed by atoms with Gasteiger partial charge in [0.2, 0.25) is 0 Å². The molecular formula is C14H20N2O3. The lowest BCUT2D eigenvalue weighted by Crippen LogP contribution is -2.39. The second-order valence-electron chi connectivity index (χ2n) is 4.55. The standard InChI is InChI=1S/C14H20N2O3/c1-12-4-2-3-5-13(12)14(17)15-19-11-8-16-6-9-18-10-7-16/h2-5H,6-11H2,1H3,(H,15,17). The van der Waals surface area contributed by atoms with Gasteiger partial charge in [0.1, 0.15) is 0 Å². The zero-order valence-electron chi connectivity index (χ0n) is 11.2. The number of hydrogen-bond acceptors (Lipinski definition) is 4. The Morgan fingerprint density at radius 2 is 2.11 bits per heavy atom. The summed E-state index contributed by atoms with van der Waals surface area (Å²) in [4.78, 5) is 19.3. The molecule has 1 fully saturated rings. The van der Waals surface area contributed by atoms with Crippen LogP contribution in [-0.4, -0.2) is 50.3 Å². The van der Waals surface area contributed by atoms with Gasteiger partial charge in [-0.05, 0) is 18.6 Å². The first-order valence-electron chi connectivity index (χ1n) is 6.55.